The zero-order chi connectivity index (χ0) is 15.1. The van der Waals surface area contributed by atoms with E-state index in [4.69, 9.17) is 4.99 Å². The molecule has 1 N–H and O–H groups in total. The topological polar surface area (TPSA) is 68.2 Å². The quantitative estimate of drug-likeness (QED) is 0.794. The summed E-state index contributed by atoms with van der Waals surface area (Å²) in [5, 5.41) is 2.43. The predicted octanol–water partition coefficient (Wildman–Crippen LogP) is 0.286. The third-order valence-electron chi connectivity index (χ3n) is 4.29. The third kappa shape index (κ3) is 2.34. The van der Waals surface area contributed by atoms with Crippen LogP contribution in [-0.2, 0) is 4.79 Å². The number of urea groups is 1. The summed E-state index contributed by atoms with van der Waals surface area (Å²) < 4.78 is 0. The molecular weight excluding hydrogens is 270 g/mol. The van der Waals surface area contributed by atoms with Crippen LogP contribution in [0.5, 0.6) is 0 Å². The number of nitrogens with one attached hydrogen (secondary N) is 1. The van der Waals surface area contributed by atoms with Crippen molar-refractivity contribution in [2.24, 2.45) is 10.9 Å². The molecule has 0 aromatic rings. The van der Waals surface area contributed by atoms with Crippen LogP contribution in [0.15, 0.2) is 4.99 Å². The van der Waals surface area contributed by atoms with Gasteiger partial charge in [0.15, 0.2) is 18.2 Å². The molecule has 0 aromatic heterocycles. The molecule has 3 rings (SSSR count). The SMILES string of the molecule is CC(C)CN1C(N2CCCC2)=NC2C1C(=O)NC(=O)N2C. The maximum Gasteiger partial charge on any atom is 0.325 e. The Morgan fingerprint density at radius 1 is 1.29 bits per heavy atom. The molecule has 3 aliphatic heterocycles. The van der Waals surface area contributed by atoms with Crippen molar-refractivity contribution < 1.29 is 9.59 Å². The van der Waals surface area contributed by atoms with Gasteiger partial charge in [-0.15, -0.1) is 0 Å². The summed E-state index contributed by atoms with van der Waals surface area (Å²) in [6.45, 7) is 6.99. The predicted molar refractivity (Wildman–Crippen MR) is 78.7 cm³/mol. The molecule has 0 aliphatic carbocycles. The number of likely N-dealkylation sites (N-methyl/N-ethyl adjacent to an activating group) is 1. The van der Waals surface area contributed by atoms with Crippen LogP contribution in [0.4, 0.5) is 4.79 Å². The fourth-order valence-electron chi connectivity index (χ4n) is 3.28. The number of guanidine groups is 1. The Morgan fingerprint density at radius 2 is 1.95 bits per heavy atom. The van der Waals surface area contributed by atoms with E-state index in [1.54, 1.807) is 7.05 Å². The van der Waals surface area contributed by atoms with Crippen LogP contribution in [0.3, 0.4) is 0 Å². The van der Waals surface area contributed by atoms with Crippen LogP contribution in [0.2, 0.25) is 0 Å². The van der Waals surface area contributed by atoms with E-state index in [0.717, 1.165) is 38.4 Å². The van der Waals surface area contributed by atoms with Crippen molar-refractivity contribution in [3.63, 3.8) is 0 Å². The number of amides is 3. The molecule has 0 radical (unpaired) electrons. The minimum absolute atomic E-state index is 0.235. The molecule has 2 fully saturated rings. The van der Waals surface area contributed by atoms with Crippen molar-refractivity contribution in [1.29, 1.82) is 0 Å². The fourth-order valence-corrected chi connectivity index (χ4v) is 3.28. The molecule has 3 aliphatic rings. The summed E-state index contributed by atoms with van der Waals surface area (Å²) in [4.78, 5) is 34.7. The molecule has 3 amide bonds. The van der Waals surface area contributed by atoms with E-state index in [9.17, 15) is 9.59 Å². The summed E-state index contributed by atoms with van der Waals surface area (Å²) >= 11 is 0. The third-order valence-corrected chi connectivity index (χ3v) is 4.29. The first-order valence-corrected chi connectivity index (χ1v) is 7.66. The van der Waals surface area contributed by atoms with Gasteiger partial charge in [-0.2, -0.15) is 0 Å². The highest BCUT2D eigenvalue weighted by Crippen LogP contribution is 2.27. The zero-order valence-electron chi connectivity index (χ0n) is 12.9. The lowest BCUT2D eigenvalue weighted by Gasteiger charge is -2.37. The van der Waals surface area contributed by atoms with Crippen LogP contribution < -0.4 is 5.32 Å². The first kappa shape index (κ1) is 14.2. The van der Waals surface area contributed by atoms with Gasteiger partial charge in [0.05, 0.1) is 0 Å². The van der Waals surface area contributed by atoms with Gasteiger partial charge in [0, 0.05) is 26.7 Å². The van der Waals surface area contributed by atoms with Gasteiger partial charge in [0.1, 0.15) is 0 Å². The standard InChI is InChI=1S/C14H23N5O2/c1-9(2)8-19-10-11(17(3)14(21)16-12(10)20)15-13(19)18-6-4-5-7-18/h9-11H,4-8H2,1-3H3,(H,16,20,21). The lowest BCUT2D eigenvalue weighted by atomic mass is 10.1. The van der Waals surface area contributed by atoms with Gasteiger partial charge in [0.25, 0.3) is 5.91 Å². The van der Waals surface area contributed by atoms with E-state index in [1.807, 2.05) is 0 Å². The van der Waals surface area contributed by atoms with Crippen molar-refractivity contribution in [2.45, 2.75) is 38.9 Å². The second-order valence-electron chi connectivity index (χ2n) is 6.43. The molecule has 0 bridgehead atoms. The minimum atomic E-state index is -0.402. The van der Waals surface area contributed by atoms with E-state index in [2.05, 4.69) is 29.0 Å². The van der Waals surface area contributed by atoms with Gasteiger partial charge in [-0.1, -0.05) is 13.8 Å². The number of fused-ring (bicyclic) bond motifs is 1. The Bertz CT molecular complexity index is 484. The zero-order valence-corrected chi connectivity index (χ0v) is 12.9. The van der Waals surface area contributed by atoms with Crippen molar-refractivity contribution in [3.8, 4) is 0 Å². The Balaban J connectivity index is 1.92. The van der Waals surface area contributed by atoms with Crippen LogP contribution in [0.1, 0.15) is 26.7 Å². The molecule has 21 heavy (non-hydrogen) atoms. The molecule has 0 spiro atoms. The first-order chi connectivity index (χ1) is 9.99. The van der Waals surface area contributed by atoms with Crippen LogP contribution >= 0.6 is 0 Å². The molecule has 7 heteroatoms. The second kappa shape index (κ2) is 5.20. The summed E-state index contributed by atoms with van der Waals surface area (Å²) in [7, 11) is 1.70. The number of nitrogens with zero attached hydrogens (tertiary/aromatic N) is 4. The number of hydrogen-bond acceptors (Lipinski definition) is 5. The molecule has 0 saturated carbocycles. The maximum atomic E-state index is 12.3. The Hall–Kier alpha value is -1.79. The highest BCUT2D eigenvalue weighted by molar-refractivity contribution is 6.03. The van der Waals surface area contributed by atoms with Crippen LogP contribution in [0.25, 0.3) is 0 Å². The number of carbonyl (C=O) groups excluding carboxylic acids is 2. The van der Waals surface area contributed by atoms with Gasteiger partial charge in [0.2, 0.25) is 0 Å². The Kier molecular flexibility index (Phi) is 3.51. The van der Waals surface area contributed by atoms with Crippen molar-refractivity contribution in [1.82, 2.24) is 20.0 Å². The minimum Gasteiger partial charge on any atom is -0.343 e. The largest absolute Gasteiger partial charge is 0.343 e. The van der Waals surface area contributed by atoms with Crippen molar-refractivity contribution >= 4 is 17.9 Å². The average molecular weight is 293 g/mol. The summed E-state index contributed by atoms with van der Waals surface area (Å²) in [5.74, 6) is 1.07. The number of carbonyl (C=O) groups is 2. The smallest absolute Gasteiger partial charge is 0.325 e. The van der Waals surface area contributed by atoms with E-state index >= 15 is 0 Å². The number of imide groups is 1. The van der Waals surface area contributed by atoms with Crippen molar-refractivity contribution in [3.05, 3.63) is 0 Å². The van der Waals surface area contributed by atoms with E-state index in [0.29, 0.717) is 5.92 Å². The lowest BCUT2D eigenvalue weighted by Crippen LogP contribution is -2.64. The van der Waals surface area contributed by atoms with E-state index in [-0.39, 0.29) is 11.9 Å². The summed E-state index contributed by atoms with van der Waals surface area (Å²) in [5.41, 5.74) is 0. The number of likely N-dealkylation sites (tertiary alicyclic amines) is 1. The number of hydrogen-bond donors (Lipinski definition) is 1. The molecule has 2 saturated heterocycles. The molecule has 116 valence electrons. The van der Waals surface area contributed by atoms with Crippen molar-refractivity contribution in [2.75, 3.05) is 26.7 Å². The van der Waals surface area contributed by atoms with Gasteiger partial charge in [-0.25, -0.2) is 9.79 Å². The molecule has 7 nitrogen and oxygen atoms in total. The first-order valence-electron chi connectivity index (χ1n) is 7.66. The maximum absolute atomic E-state index is 12.3. The van der Waals surface area contributed by atoms with Gasteiger partial charge in [-0.3, -0.25) is 10.1 Å². The summed E-state index contributed by atoms with van der Waals surface area (Å²) in [6.07, 6.45) is 1.91. The second-order valence-corrected chi connectivity index (χ2v) is 6.43. The molecule has 2 unspecified atom stereocenters. The highest BCUT2D eigenvalue weighted by Gasteiger charge is 2.49. The van der Waals surface area contributed by atoms with E-state index < -0.39 is 12.2 Å². The number of rotatable bonds is 2. The molecule has 2 atom stereocenters. The average Bonchev–Trinajstić information content (AvgIpc) is 3.02. The summed E-state index contributed by atoms with van der Waals surface area (Å²) in [6, 6.07) is -0.761. The van der Waals surface area contributed by atoms with E-state index in [1.165, 1.54) is 4.90 Å². The number of aliphatic imine (C=N–C) groups is 1. The van der Waals surface area contributed by atoms with Gasteiger partial charge >= 0.3 is 6.03 Å². The Morgan fingerprint density at radius 3 is 2.57 bits per heavy atom. The molecular formula is C14H23N5O2. The fraction of sp³-hybridized carbons (Fsp3) is 0.786. The van der Waals surface area contributed by atoms with Gasteiger partial charge < -0.3 is 14.7 Å². The lowest BCUT2D eigenvalue weighted by molar-refractivity contribution is -0.127. The monoisotopic (exact) mass is 293 g/mol. The van der Waals surface area contributed by atoms with Crippen LogP contribution in [-0.4, -0.2) is 71.5 Å². The normalized spacial score (nSPS) is 29.1. The highest BCUT2D eigenvalue weighted by atomic mass is 16.2. The molecule has 3 heterocycles. The van der Waals surface area contributed by atoms with Crippen LogP contribution in [0, 0.1) is 5.92 Å². The Labute approximate surface area is 125 Å². The molecule has 0 aromatic carbocycles. The van der Waals surface area contributed by atoms with Gasteiger partial charge in [-0.05, 0) is 18.8 Å².